The Morgan fingerprint density at radius 3 is 2.71 bits per heavy atom. The third-order valence-corrected chi connectivity index (χ3v) is 3.87. The number of benzene rings is 1. The summed E-state index contributed by atoms with van der Waals surface area (Å²) in [4.78, 5) is 2.57. The second-order valence-electron chi connectivity index (χ2n) is 5.10. The fourth-order valence-corrected chi connectivity index (χ4v) is 2.86. The molecule has 1 aromatic rings. The first-order chi connectivity index (χ1) is 9.35. The molecule has 1 aromatic carbocycles. The van der Waals surface area contributed by atoms with Crippen molar-refractivity contribution in [2.75, 3.05) is 26.2 Å². The van der Waals surface area contributed by atoms with Gasteiger partial charge >= 0.3 is 0 Å². The first-order valence-electron chi connectivity index (χ1n) is 7.50. The number of hydrogen-bond donors (Lipinski definition) is 1. The molecule has 3 nitrogen and oxygen atoms in total. The Labute approximate surface area is 141 Å². The summed E-state index contributed by atoms with van der Waals surface area (Å²) >= 11 is 0. The van der Waals surface area contributed by atoms with Crippen LogP contribution in [0.4, 0.5) is 0 Å². The van der Waals surface area contributed by atoms with E-state index in [2.05, 4.69) is 35.3 Å². The van der Waals surface area contributed by atoms with Crippen LogP contribution in [-0.4, -0.2) is 37.2 Å². The zero-order valence-electron chi connectivity index (χ0n) is 13.0. The summed E-state index contributed by atoms with van der Waals surface area (Å²) in [6, 6.07) is 9.01. The highest BCUT2D eigenvalue weighted by Crippen LogP contribution is 2.19. The highest BCUT2D eigenvalue weighted by atomic mass is 35.5. The van der Waals surface area contributed by atoms with E-state index in [1.807, 2.05) is 13.0 Å². The molecular weight excluding hydrogens is 307 g/mol. The van der Waals surface area contributed by atoms with Crippen molar-refractivity contribution >= 4 is 24.8 Å². The molecule has 1 unspecified atom stereocenters. The minimum atomic E-state index is 0. The maximum atomic E-state index is 5.65. The first-order valence-corrected chi connectivity index (χ1v) is 7.50. The molecular formula is C16H28Cl2N2O. The van der Waals surface area contributed by atoms with Crippen molar-refractivity contribution in [3.8, 4) is 5.75 Å². The lowest BCUT2D eigenvalue weighted by Crippen LogP contribution is -2.37. The zero-order valence-corrected chi connectivity index (χ0v) is 14.6. The molecule has 122 valence electrons. The van der Waals surface area contributed by atoms with Crippen LogP contribution in [-0.2, 0) is 6.54 Å². The molecule has 1 atom stereocenters. The van der Waals surface area contributed by atoms with Crippen LogP contribution < -0.4 is 10.1 Å². The molecule has 21 heavy (non-hydrogen) atoms. The molecule has 1 N–H and O–H groups in total. The largest absolute Gasteiger partial charge is 0.494 e. The number of hydrogen-bond acceptors (Lipinski definition) is 3. The second-order valence-corrected chi connectivity index (χ2v) is 5.10. The van der Waals surface area contributed by atoms with Crippen LogP contribution in [0, 0.1) is 0 Å². The zero-order chi connectivity index (χ0) is 13.5. The van der Waals surface area contributed by atoms with Crippen molar-refractivity contribution in [2.45, 2.75) is 39.3 Å². The molecule has 1 heterocycles. The Bertz CT molecular complexity index is 390. The Kier molecular flexibility index (Phi) is 10.9. The van der Waals surface area contributed by atoms with Crippen molar-refractivity contribution in [1.82, 2.24) is 10.2 Å². The van der Waals surface area contributed by atoms with Gasteiger partial charge in [-0.2, -0.15) is 0 Å². The predicted molar refractivity (Wildman–Crippen MR) is 94.1 cm³/mol. The number of ether oxygens (including phenoxy) is 1. The van der Waals surface area contributed by atoms with Crippen LogP contribution in [0.2, 0.25) is 0 Å². The van der Waals surface area contributed by atoms with Gasteiger partial charge in [0.15, 0.2) is 0 Å². The highest BCUT2D eigenvalue weighted by molar-refractivity contribution is 5.85. The van der Waals surface area contributed by atoms with Crippen LogP contribution in [0.3, 0.4) is 0 Å². The normalized spacial score (nSPS) is 17.9. The minimum Gasteiger partial charge on any atom is -0.494 e. The molecule has 5 heteroatoms. The number of likely N-dealkylation sites (tertiary alicyclic amines) is 1. The van der Waals surface area contributed by atoms with Gasteiger partial charge in [-0.25, -0.2) is 0 Å². The van der Waals surface area contributed by atoms with E-state index in [9.17, 15) is 0 Å². The number of likely N-dealkylation sites (N-methyl/N-ethyl adjacent to an activating group) is 1. The fourth-order valence-electron chi connectivity index (χ4n) is 2.86. The summed E-state index contributed by atoms with van der Waals surface area (Å²) in [5.41, 5.74) is 1.25. The fraction of sp³-hybridized carbons (Fsp3) is 0.625. The van der Waals surface area contributed by atoms with Crippen LogP contribution in [0.25, 0.3) is 0 Å². The molecule has 0 radical (unpaired) electrons. The molecule has 1 aliphatic rings. The average Bonchev–Trinajstić information content (AvgIpc) is 2.88. The van der Waals surface area contributed by atoms with Gasteiger partial charge in [0.25, 0.3) is 0 Å². The molecule has 2 rings (SSSR count). The third-order valence-electron chi connectivity index (χ3n) is 3.87. The quantitative estimate of drug-likeness (QED) is 0.825. The van der Waals surface area contributed by atoms with E-state index in [1.165, 1.54) is 31.5 Å². The van der Waals surface area contributed by atoms with Crippen molar-refractivity contribution in [3.05, 3.63) is 29.8 Å². The monoisotopic (exact) mass is 334 g/mol. The van der Waals surface area contributed by atoms with Gasteiger partial charge in [-0.3, -0.25) is 4.90 Å². The smallest absolute Gasteiger partial charge is 0.123 e. The second kappa shape index (κ2) is 11.1. The van der Waals surface area contributed by atoms with Gasteiger partial charge in [-0.1, -0.05) is 25.1 Å². The number of halogens is 2. The molecule has 0 aromatic heterocycles. The predicted octanol–water partition coefficient (Wildman–Crippen LogP) is 3.50. The van der Waals surface area contributed by atoms with Crippen molar-refractivity contribution < 1.29 is 4.74 Å². The first kappa shape index (κ1) is 20.5. The summed E-state index contributed by atoms with van der Waals surface area (Å²) in [6.45, 7) is 9.41. The van der Waals surface area contributed by atoms with Gasteiger partial charge in [0.05, 0.1) is 6.61 Å². The summed E-state index contributed by atoms with van der Waals surface area (Å²) < 4.78 is 5.65. The van der Waals surface area contributed by atoms with Crippen LogP contribution in [0.15, 0.2) is 24.3 Å². The Hall–Kier alpha value is -0.480. The average molecular weight is 335 g/mol. The van der Waals surface area contributed by atoms with Gasteiger partial charge in [0.1, 0.15) is 5.75 Å². The van der Waals surface area contributed by atoms with Crippen LogP contribution >= 0.6 is 24.8 Å². The summed E-state index contributed by atoms with van der Waals surface area (Å²) in [7, 11) is 0. The van der Waals surface area contributed by atoms with E-state index in [0.717, 1.165) is 25.4 Å². The number of rotatable bonds is 7. The van der Waals surface area contributed by atoms with Gasteiger partial charge in [-0.05, 0) is 38.9 Å². The lowest BCUT2D eigenvalue weighted by molar-refractivity contribution is 0.259. The van der Waals surface area contributed by atoms with E-state index in [4.69, 9.17) is 4.74 Å². The summed E-state index contributed by atoms with van der Waals surface area (Å²) in [5.74, 6) is 1.01. The van der Waals surface area contributed by atoms with Gasteiger partial charge < -0.3 is 10.1 Å². The molecule has 0 saturated carbocycles. The number of para-hydroxylation sites is 1. The molecule has 0 bridgehead atoms. The van der Waals surface area contributed by atoms with Crippen LogP contribution in [0.5, 0.6) is 5.75 Å². The molecule has 0 aliphatic carbocycles. The van der Waals surface area contributed by atoms with E-state index in [1.54, 1.807) is 0 Å². The third kappa shape index (κ3) is 6.03. The molecule has 1 aliphatic heterocycles. The van der Waals surface area contributed by atoms with Gasteiger partial charge in [0.2, 0.25) is 0 Å². The lowest BCUT2D eigenvalue weighted by Gasteiger charge is -2.23. The standard InChI is InChI=1S/C16H26N2O.2ClH/c1-3-18-11-7-9-15(18)13-17-12-14-8-5-6-10-16(14)19-4-2;;/h5-6,8,10,15,17H,3-4,7,9,11-13H2,1-2H3;2*1H. The van der Waals surface area contributed by atoms with E-state index >= 15 is 0 Å². The molecule has 1 fully saturated rings. The lowest BCUT2D eigenvalue weighted by atomic mass is 10.2. The number of nitrogens with one attached hydrogen (secondary N) is 1. The van der Waals surface area contributed by atoms with E-state index < -0.39 is 0 Å². The molecule has 1 saturated heterocycles. The molecule has 0 amide bonds. The Balaban J connectivity index is 0.00000200. The Morgan fingerprint density at radius 2 is 2.00 bits per heavy atom. The SMILES string of the molecule is CCOc1ccccc1CNCC1CCCN1CC.Cl.Cl. The minimum absolute atomic E-state index is 0. The van der Waals surface area contributed by atoms with Gasteiger partial charge in [-0.15, -0.1) is 24.8 Å². The maximum Gasteiger partial charge on any atom is 0.123 e. The van der Waals surface area contributed by atoms with E-state index in [-0.39, 0.29) is 24.8 Å². The van der Waals surface area contributed by atoms with Crippen molar-refractivity contribution in [3.63, 3.8) is 0 Å². The highest BCUT2D eigenvalue weighted by Gasteiger charge is 2.22. The van der Waals surface area contributed by atoms with Crippen LogP contribution in [0.1, 0.15) is 32.3 Å². The summed E-state index contributed by atoms with van der Waals surface area (Å²) in [6.07, 6.45) is 2.67. The van der Waals surface area contributed by atoms with Crippen molar-refractivity contribution in [1.29, 1.82) is 0 Å². The maximum absolute atomic E-state index is 5.65. The van der Waals surface area contributed by atoms with Gasteiger partial charge in [0, 0.05) is 24.7 Å². The van der Waals surface area contributed by atoms with E-state index in [0.29, 0.717) is 6.04 Å². The molecule has 0 spiro atoms. The Morgan fingerprint density at radius 1 is 1.24 bits per heavy atom. The summed E-state index contributed by atoms with van der Waals surface area (Å²) in [5, 5.41) is 3.59. The van der Waals surface area contributed by atoms with Crippen molar-refractivity contribution in [2.24, 2.45) is 0 Å². The number of nitrogens with zero attached hydrogens (tertiary/aromatic N) is 1. The topological polar surface area (TPSA) is 24.5 Å².